The number of rotatable bonds is 7. The molecule has 11 nitrogen and oxygen atoms in total. The SMILES string of the molecule is C[C@@H](O)[C@H]1C(=O)N2C(C(=O)OCc3ccc([N+](=O)[O-])cc3)=C(c3c[n+]4cn(C)c(S(C)=O)c4s3)[C@H](C)[C@H]12. The van der Waals surface area contributed by atoms with Crippen LogP contribution in [0.5, 0.6) is 0 Å². The Labute approximate surface area is 218 Å². The van der Waals surface area contributed by atoms with Gasteiger partial charge in [0.25, 0.3) is 5.69 Å². The molecule has 1 N–H and O–H groups in total. The number of nitro groups is 1. The lowest BCUT2D eigenvalue weighted by Crippen LogP contribution is -2.63. The number of hydrogen-bond donors (Lipinski definition) is 1. The van der Waals surface area contributed by atoms with E-state index in [4.69, 9.17) is 4.74 Å². The molecular weight excluding hydrogens is 520 g/mol. The summed E-state index contributed by atoms with van der Waals surface area (Å²) in [4.78, 5) is 39.8. The van der Waals surface area contributed by atoms with Gasteiger partial charge in [0.1, 0.15) is 18.5 Å². The number of aryl methyl sites for hydroxylation is 1. The fourth-order valence-corrected chi connectivity index (χ4v) is 7.75. The van der Waals surface area contributed by atoms with Crippen LogP contribution in [-0.2, 0) is 38.8 Å². The van der Waals surface area contributed by atoms with Gasteiger partial charge in [-0.25, -0.2) is 9.36 Å². The number of ether oxygens (including phenoxy) is 1. The van der Waals surface area contributed by atoms with E-state index in [1.54, 1.807) is 24.1 Å². The van der Waals surface area contributed by atoms with Gasteiger partial charge in [0, 0.05) is 29.9 Å². The van der Waals surface area contributed by atoms with E-state index in [1.165, 1.54) is 40.5 Å². The van der Waals surface area contributed by atoms with Crippen LogP contribution < -0.4 is 4.40 Å². The van der Waals surface area contributed by atoms with Crippen LogP contribution in [0.25, 0.3) is 10.4 Å². The number of β-lactam (4-membered cyclic amide) rings is 1. The maximum atomic E-state index is 13.4. The fraction of sp³-hybridized carbons (Fsp3) is 0.375. The number of fused-ring (bicyclic) bond motifs is 2. The Hall–Kier alpha value is -3.42. The van der Waals surface area contributed by atoms with Gasteiger partial charge in [0.05, 0.1) is 45.7 Å². The van der Waals surface area contributed by atoms with Crippen LogP contribution in [0.1, 0.15) is 24.3 Å². The maximum absolute atomic E-state index is 13.4. The highest BCUT2D eigenvalue weighted by Crippen LogP contribution is 2.51. The number of amides is 1. The first-order valence-corrected chi connectivity index (χ1v) is 13.9. The van der Waals surface area contributed by atoms with Gasteiger partial charge in [-0.3, -0.25) is 19.1 Å². The van der Waals surface area contributed by atoms with E-state index < -0.39 is 33.7 Å². The minimum atomic E-state index is -1.24. The molecule has 4 heterocycles. The highest BCUT2D eigenvalue weighted by molar-refractivity contribution is 7.84. The Morgan fingerprint density at radius 1 is 1.35 bits per heavy atom. The molecule has 2 aliphatic rings. The van der Waals surface area contributed by atoms with Crippen molar-refractivity contribution in [2.24, 2.45) is 18.9 Å². The Balaban J connectivity index is 1.53. The summed E-state index contributed by atoms with van der Waals surface area (Å²) in [6.07, 6.45) is 4.38. The molecule has 2 aliphatic heterocycles. The first-order valence-electron chi connectivity index (χ1n) is 11.5. The average molecular weight is 546 g/mol. The maximum Gasteiger partial charge on any atom is 0.355 e. The zero-order valence-corrected chi connectivity index (χ0v) is 22.1. The van der Waals surface area contributed by atoms with Crippen molar-refractivity contribution in [1.29, 1.82) is 0 Å². The van der Waals surface area contributed by atoms with Crippen molar-refractivity contribution >= 4 is 50.1 Å². The number of benzene rings is 1. The van der Waals surface area contributed by atoms with E-state index >= 15 is 0 Å². The third kappa shape index (κ3) is 3.97. The van der Waals surface area contributed by atoms with Crippen molar-refractivity contribution in [2.45, 2.75) is 37.6 Å². The number of nitrogens with zero attached hydrogens (tertiary/aromatic N) is 4. The Bertz CT molecular complexity index is 1510. The molecule has 1 aromatic carbocycles. The molecule has 13 heteroatoms. The second-order valence-corrected chi connectivity index (χ2v) is 11.6. The summed E-state index contributed by atoms with van der Waals surface area (Å²) in [5.41, 5.74) is 1.26. The molecule has 1 amide bonds. The number of imidazole rings is 1. The summed E-state index contributed by atoms with van der Waals surface area (Å²) < 4.78 is 21.5. The molecular formula is C24H25N4O7S2+. The van der Waals surface area contributed by atoms with Crippen molar-refractivity contribution in [2.75, 3.05) is 6.26 Å². The number of aliphatic hydroxyl groups excluding tert-OH is 1. The third-order valence-corrected chi connectivity index (χ3v) is 9.22. The van der Waals surface area contributed by atoms with Gasteiger partial charge in [-0.2, -0.15) is 4.40 Å². The lowest BCUT2D eigenvalue weighted by molar-refractivity contribution is -0.508. The molecule has 1 unspecified atom stereocenters. The summed E-state index contributed by atoms with van der Waals surface area (Å²) in [7, 11) is 0.570. The van der Waals surface area contributed by atoms with E-state index in [1.807, 2.05) is 24.6 Å². The predicted molar refractivity (Wildman–Crippen MR) is 134 cm³/mol. The van der Waals surface area contributed by atoms with Gasteiger partial charge in [0.2, 0.25) is 22.1 Å². The van der Waals surface area contributed by atoms with Crippen LogP contribution in [0.3, 0.4) is 0 Å². The fourth-order valence-electron chi connectivity index (χ4n) is 5.26. The zero-order valence-electron chi connectivity index (χ0n) is 20.5. The summed E-state index contributed by atoms with van der Waals surface area (Å²) in [5.74, 6) is -1.92. The van der Waals surface area contributed by atoms with Gasteiger partial charge in [-0.1, -0.05) is 18.3 Å². The van der Waals surface area contributed by atoms with Crippen LogP contribution in [0.15, 0.2) is 47.5 Å². The molecule has 0 radical (unpaired) electrons. The van der Waals surface area contributed by atoms with E-state index in [2.05, 4.69) is 0 Å². The number of nitro benzene ring substituents is 1. The standard InChI is InChI=1S/C24H25N4O7S2/c1-12-17(16-9-26-11-25(3)23(37(4)34)22(26)36-16)20(27-19(12)18(13(2)29)21(27)30)24(31)35-10-14-5-7-15(8-6-14)28(32)33/h5-9,11-13,18-19,29H,10H2,1-4H3/q+1/t12-,13+,18+,19+,37?/m0/s1. The molecule has 5 rings (SSSR count). The van der Waals surface area contributed by atoms with Crippen molar-refractivity contribution in [1.82, 2.24) is 9.47 Å². The second kappa shape index (κ2) is 9.15. The predicted octanol–water partition coefficient (Wildman–Crippen LogP) is 1.78. The largest absolute Gasteiger partial charge is 0.456 e. The third-order valence-electron chi connectivity index (χ3n) is 6.92. The Kier molecular flexibility index (Phi) is 6.24. The summed E-state index contributed by atoms with van der Waals surface area (Å²) in [6.45, 7) is 3.35. The van der Waals surface area contributed by atoms with Gasteiger partial charge >= 0.3 is 5.97 Å². The number of hydrogen-bond acceptors (Lipinski definition) is 8. The number of carbonyl (C=O) groups excluding carboxylic acids is 2. The van der Waals surface area contributed by atoms with Crippen molar-refractivity contribution in [3.05, 3.63) is 63.0 Å². The minimum Gasteiger partial charge on any atom is -0.456 e. The zero-order chi connectivity index (χ0) is 26.8. The van der Waals surface area contributed by atoms with E-state index in [0.29, 0.717) is 16.2 Å². The number of carbonyl (C=O) groups is 2. The smallest absolute Gasteiger partial charge is 0.355 e. The second-order valence-electron chi connectivity index (χ2n) is 9.31. The van der Waals surface area contributed by atoms with E-state index in [0.717, 1.165) is 9.71 Å². The van der Waals surface area contributed by atoms with E-state index in [9.17, 15) is 29.0 Å². The van der Waals surface area contributed by atoms with Gasteiger partial charge < -0.3 is 14.7 Å². The lowest BCUT2D eigenvalue weighted by Gasteiger charge is -2.46. The van der Waals surface area contributed by atoms with Crippen molar-refractivity contribution in [3.8, 4) is 0 Å². The van der Waals surface area contributed by atoms with Crippen molar-refractivity contribution < 1.29 is 33.0 Å². The van der Waals surface area contributed by atoms with Crippen LogP contribution >= 0.6 is 11.3 Å². The summed E-state index contributed by atoms with van der Waals surface area (Å²) in [6, 6.07) is 5.29. The quantitative estimate of drug-likeness (QED) is 0.157. The van der Waals surface area contributed by atoms with Crippen LogP contribution in [-0.4, -0.2) is 54.0 Å². The topological polar surface area (TPSA) is 136 Å². The van der Waals surface area contributed by atoms with E-state index in [-0.39, 0.29) is 35.9 Å². The molecule has 0 saturated carbocycles. The Morgan fingerprint density at radius 3 is 2.62 bits per heavy atom. The Morgan fingerprint density at radius 2 is 2.03 bits per heavy atom. The van der Waals surface area contributed by atoms with Gasteiger partial charge in [0.15, 0.2) is 0 Å². The number of esters is 1. The van der Waals surface area contributed by atoms with Crippen LogP contribution in [0.4, 0.5) is 5.69 Å². The number of aliphatic hydroxyl groups is 1. The molecule has 3 aromatic rings. The first kappa shape index (κ1) is 25.2. The molecule has 1 fully saturated rings. The first-order chi connectivity index (χ1) is 17.5. The molecule has 1 saturated heterocycles. The monoisotopic (exact) mass is 545 g/mol. The summed E-state index contributed by atoms with van der Waals surface area (Å²) in [5, 5.41) is 21.8. The van der Waals surface area contributed by atoms with Gasteiger partial charge in [-0.15, -0.1) is 0 Å². The molecule has 5 atom stereocenters. The highest BCUT2D eigenvalue weighted by Gasteiger charge is 2.60. The normalized spacial score (nSPS) is 22.7. The van der Waals surface area contributed by atoms with Crippen molar-refractivity contribution in [3.63, 3.8) is 0 Å². The molecule has 0 bridgehead atoms. The van der Waals surface area contributed by atoms with Crippen LogP contribution in [0.2, 0.25) is 0 Å². The molecule has 37 heavy (non-hydrogen) atoms. The summed E-state index contributed by atoms with van der Waals surface area (Å²) >= 11 is 1.38. The molecule has 0 aliphatic carbocycles. The minimum absolute atomic E-state index is 0.0715. The highest BCUT2D eigenvalue weighted by atomic mass is 32.2. The van der Waals surface area contributed by atoms with Crippen LogP contribution in [0, 0.1) is 22.0 Å². The number of aromatic nitrogens is 2. The average Bonchev–Trinajstić information content (AvgIpc) is 3.43. The number of thiazole rings is 1. The lowest BCUT2D eigenvalue weighted by atomic mass is 9.77. The molecule has 0 spiro atoms. The van der Waals surface area contributed by atoms with Gasteiger partial charge in [-0.05, 0) is 24.6 Å². The molecule has 2 aromatic heterocycles. The molecule has 194 valence electrons. The number of non-ortho nitro benzene ring substituents is 1.